The quantitative estimate of drug-likeness (QED) is 0.808. The Bertz CT molecular complexity index is 211. The molecule has 0 bridgehead atoms. The van der Waals surface area contributed by atoms with Crippen molar-refractivity contribution in [2.45, 2.75) is 45.6 Å². The molecule has 2 atom stereocenters. The van der Waals surface area contributed by atoms with Gasteiger partial charge < -0.3 is 10.2 Å². The van der Waals surface area contributed by atoms with Crippen LogP contribution in [0, 0.1) is 5.92 Å². The SMILES string of the molecule is CCCC(C)C(=O)N1CCCC1CNC.Cl. The van der Waals surface area contributed by atoms with Gasteiger partial charge in [0.25, 0.3) is 0 Å². The Morgan fingerprint density at radius 3 is 2.81 bits per heavy atom. The molecular weight excluding hydrogens is 224 g/mol. The molecule has 1 fully saturated rings. The molecule has 1 saturated heterocycles. The van der Waals surface area contributed by atoms with Gasteiger partial charge in [0.15, 0.2) is 0 Å². The average Bonchev–Trinajstić information content (AvgIpc) is 2.66. The van der Waals surface area contributed by atoms with E-state index in [1.165, 1.54) is 0 Å². The van der Waals surface area contributed by atoms with E-state index in [2.05, 4.69) is 24.1 Å². The molecule has 1 N–H and O–H groups in total. The van der Waals surface area contributed by atoms with Crippen LogP contribution >= 0.6 is 12.4 Å². The summed E-state index contributed by atoms with van der Waals surface area (Å²) in [6, 6.07) is 0.432. The monoisotopic (exact) mass is 248 g/mol. The maximum absolute atomic E-state index is 12.1. The fourth-order valence-electron chi connectivity index (χ4n) is 2.41. The van der Waals surface area contributed by atoms with Crippen LogP contribution in [0.15, 0.2) is 0 Å². The van der Waals surface area contributed by atoms with Crippen LogP contribution in [-0.2, 0) is 4.79 Å². The molecule has 3 nitrogen and oxygen atoms in total. The third kappa shape index (κ3) is 3.95. The Hall–Kier alpha value is -0.280. The molecule has 0 aromatic heterocycles. The molecule has 16 heavy (non-hydrogen) atoms. The van der Waals surface area contributed by atoms with E-state index in [1.54, 1.807) is 0 Å². The highest BCUT2D eigenvalue weighted by Gasteiger charge is 2.30. The van der Waals surface area contributed by atoms with Crippen molar-refractivity contribution < 1.29 is 4.79 Å². The van der Waals surface area contributed by atoms with Crippen LogP contribution in [0.5, 0.6) is 0 Å². The minimum absolute atomic E-state index is 0. The highest BCUT2D eigenvalue weighted by atomic mass is 35.5. The first-order valence-electron chi connectivity index (χ1n) is 6.15. The van der Waals surface area contributed by atoms with Gasteiger partial charge in [0, 0.05) is 25.0 Å². The van der Waals surface area contributed by atoms with E-state index in [0.717, 1.165) is 38.8 Å². The smallest absolute Gasteiger partial charge is 0.225 e. The van der Waals surface area contributed by atoms with Crippen molar-refractivity contribution >= 4 is 18.3 Å². The Morgan fingerprint density at radius 2 is 2.25 bits per heavy atom. The first-order chi connectivity index (χ1) is 7.20. The molecule has 1 aliphatic heterocycles. The van der Waals surface area contributed by atoms with Crippen molar-refractivity contribution in [1.82, 2.24) is 10.2 Å². The van der Waals surface area contributed by atoms with Crippen LogP contribution in [0.3, 0.4) is 0 Å². The molecule has 1 aliphatic rings. The summed E-state index contributed by atoms with van der Waals surface area (Å²) in [6.07, 6.45) is 4.43. The van der Waals surface area contributed by atoms with Crippen LogP contribution in [0.2, 0.25) is 0 Å². The van der Waals surface area contributed by atoms with Gasteiger partial charge in [0.2, 0.25) is 5.91 Å². The van der Waals surface area contributed by atoms with Gasteiger partial charge in [-0.3, -0.25) is 4.79 Å². The molecule has 1 rings (SSSR count). The van der Waals surface area contributed by atoms with Gasteiger partial charge in [-0.2, -0.15) is 0 Å². The summed E-state index contributed by atoms with van der Waals surface area (Å²) >= 11 is 0. The van der Waals surface area contributed by atoms with Crippen molar-refractivity contribution in [2.75, 3.05) is 20.1 Å². The van der Waals surface area contributed by atoms with Gasteiger partial charge in [0.1, 0.15) is 0 Å². The lowest BCUT2D eigenvalue weighted by molar-refractivity contribution is -0.135. The third-order valence-corrected chi connectivity index (χ3v) is 3.24. The number of nitrogens with zero attached hydrogens (tertiary/aromatic N) is 1. The Morgan fingerprint density at radius 1 is 1.56 bits per heavy atom. The van der Waals surface area contributed by atoms with Gasteiger partial charge in [-0.15, -0.1) is 12.4 Å². The normalized spacial score (nSPS) is 21.7. The number of halogens is 1. The van der Waals surface area contributed by atoms with Gasteiger partial charge >= 0.3 is 0 Å². The number of carbonyl (C=O) groups is 1. The zero-order valence-electron chi connectivity index (χ0n) is 10.7. The lowest BCUT2D eigenvalue weighted by Gasteiger charge is -2.27. The van der Waals surface area contributed by atoms with E-state index < -0.39 is 0 Å². The second-order valence-corrected chi connectivity index (χ2v) is 4.58. The van der Waals surface area contributed by atoms with Crippen molar-refractivity contribution in [3.8, 4) is 0 Å². The summed E-state index contributed by atoms with van der Waals surface area (Å²) in [5, 5.41) is 3.17. The lowest BCUT2D eigenvalue weighted by Crippen LogP contribution is -2.43. The van der Waals surface area contributed by atoms with E-state index in [-0.39, 0.29) is 18.3 Å². The summed E-state index contributed by atoms with van der Waals surface area (Å²) in [7, 11) is 1.95. The second-order valence-electron chi connectivity index (χ2n) is 4.58. The van der Waals surface area contributed by atoms with Crippen molar-refractivity contribution in [3.05, 3.63) is 0 Å². The zero-order valence-corrected chi connectivity index (χ0v) is 11.5. The molecule has 0 aromatic rings. The minimum Gasteiger partial charge on any atom is -0.338 e. The largest absolute Gasteiger partial charge is 0.338 e. The maximum atomic E-state index is 12.1. The second kappa shape index (κ2) is 7.91. The first-order valence-corrected chi connectivity index (χ1v) is 6.15. The standard InChI is InChI=1S/C12H24N2O.ClH/c1-4-6-10(2)12(15)14-8-5-7-11(14)9-13-3;/h10-11,13H,4-9H2,1-3H3;1H. The molecule has 0 aromatic carbocycles. The molecule has 2 unspecified atom stereocenters. The fraction of sp³-hybridized carbons (Fsp3) is 0.917. The van der Waals surface area contributed by atoms with E-state index in [9.17, 15) is 4.79 Å². The van der Waals surface area contributed by atoms with Crippen LogP contribution in [0.1, 0.15) is 39.5 Å². The van der Waals surface area contributed by atoms with Gasteiger partial charge in [-0.1, -0.05) is 20.3 Å². The Kier molecular flexibility index (Phi) is 7.77. The number of hydrogen-bond donors (Lipinski definition) is 1. The van der Waals surface area contributed by atoms with Gasteiger partial charge in [0.05, 0.1) is 0 Å². The summed E-state index contributed by atoms with van der Waals surface area (Å²) in [5.74, 6) is 0.557. The predicted molar refractivity (Wildman–Crippen MR) is 70.0 cm³/mol. The number of nitrogens with one attached hydrogen (secondary N) is 1. The summed E-state index contributed by atoms with van der Waals surface area (Å²) in [4.78, 5) is 14.2. The van der Waals surface area contributed by atoms with E-state index in [1.807, 2.05) is 7.05 Å². The molecule has 0 saturated carbocycles. The summed E-state index contributed by atoms with van der Waals surface area (Å²) in [6.45, 7) is 6.09. The van der Waals surface area contributed by atoms with Crippen molar-refractivity contribution in [3.63, 3.8) is 0 Å². The number of likely N-dealkylation sites (tertiary alicyclic amines) is 1. The summed E-state index contributed by atoms with van der Waals surface area (Å²) in [5.41, 5.74) is 0. The summed E-state index contributed by atoms with van der Waals surface area (Å²) < 4.78 is 0. The number of hydrogen-bond acceptors (Lipinski definition) is 2. The van der Waals surface area contributed by atoms with Crippen molar-refractivity contribution in [1.29, 1.82) is 0 Å². The Balaban J connectivity index is 0.00000225. The zero-order chi connectivity index (χ0) is 11.3. The van der Waals surface area contributed by atoms with Gasteiger partial charge in [-0.25, -0.2) is 0 Å². The number of amides is 1. The van der Waals surface area contributed by atoms with Crippen molar-refractivity contribution in [2.24, 2.45) is 5.92 Å². The molecule has 0 aliphatic carbocycles. The highest BCUT2D eigenvalue weighted by molar-refractivity contribution is 5.85. The van der Waals surface area contributed by atoms with E-state index in [0.29, 0.717) is 11.9 Å². The molecule has 0 radical (unpaired) electrons. The minimum atomic E-state index is 0. The van der Waals surface area contributed by atoms with Crippen LogP contribution in [0.4, 0.5) is 0 Å². The van der Waals surface area contributed by atoms with E-state index in [4.69, 9.17) is 0 Å². The molecule has 4 heteroatoms. The molecule has 0 spiro atoms. The Labute approximate surface area is 105 Å². The number of rotatable bonds is 5. The maximum Gasteiger partial charge on any atom is 0.225 e. The van der Waals surface area contributed by atoms with Crippen LogP contribution in [-0.4, -0.2) is 37.0 Å². The van der Waals surface area contributed by atoms with Gasteiger partial charge in [-0.05, 0) is 26.3 Å². The predicted octanol–water partition coefficient (Wildman–Crippen LogP) is 2.05. The highest BCUT2D eigenvalue weighted by Crippen LogP contribution is 2.20. The third-order valence-electron chi connectivity index (χ3n) is 3.24. The average molecular weight is 249 g/mol. The van der Waals surface area contributed by atoms with Crippen LogP contribution in [0.25, 0.3) is 0 Å². The lowest BCUT2D eigenvalue weighted by atomic mass is 10.0. The van der Waals surface area contributed by atoms with Crippen LogP contribution < -0.4 is 5.32 Å². The molecule has 1 heterocycles. The topological polar surface area (TPSA) is 32.3 Å². The molecule has 1 amide bonds. The number of likely N-dealkylation sites (N-methyl/N-ethyl adjacent to an activating group) is 1. The molecule has 96 valence electrons. The first kappa shape index (κ1) is 15.7. The number of carbonyl (C=O) groups excluding carboxylic acids is 1. The van der Waals surface area contributed by atoms with E-state index >= 15 is 0 Å². The fourth-order valence-corrected chi connectivity index (χ4v) is 2.41. The molecular formula is C12H25ClN2O.